The van der Waals surface area contributed by atoms with Crippen molar-refractivity contribution >= 4 is 0 Å². The van der Waals surface area contributed by atoms with E-state index < -0.39 is 0 Å². The fraction of sp³-hybridized carbons (Fsp3) is 0.923. The third-order valence-corrected chi connectivity index (χ3v) is 3.44. The van der Waals surface area contributed by atoms with Gasteiger partial charge in [-0.15, -0.1) is 0 Å². The molecule has 1 aliphatic heterocycles. The molecule has 4 nitrogen and oxygen atoms in total. The summed E-state index contributed by atoms with van der Waals surface area (Å²) in [7, 11) is 1.76. The number of hydrogen-bond donors (Lipinski definition) is 0. The van der Waals surface area contributed by atoms with Gasteiger partial charge in [0.1, 0.15) is 0 Å². The van der Waals surface area contributed by atoms with Gasteiger partial charge in [-0.3, -0.25) is 4.90 Å². The zero-order valence-electron chi connectivity index (χ0n) is 11.2. The van der Waals surface area contributed by atoms with E-state index in [1.165, 1.54) is 0 Å². The van der Waals surface area contributed by atoms with Crippen molar-refractivity contribution in [1.82, 2.24) is 9.80 Å². The summed E-state index contributed by atoms with van der Waals surface area (Å²) in [5, 5.41) is 8.48. The lowest BCUT2D eigenvalue weighted by Gasteiger charge is -2.39. The number of ether oxygens (including phenoxy) is 1. The van der Waals surface area contributed by atoms with Crippen LogP contribution in [0.5, 0.6) is 0 Å². The number of unbranched alkanes of at least 4 members (excludes halogenated alkanes) is 2. The standard InChI is InChI=1S/C13H25N3O/c1-13-12-15(7-5-3-4-6-14)8-9-16(13)10-11-17-2/h13H,3-5,7-12H2,1-2H3/t13-/m0/s1. The molecule has 0 amide bonds. The van der Waals surface area contributed by atoms with Gasteiger partial charge in [0.05, 0.1) is 12.7 Å². The first-order valence-electron chi connectivity index (χ1n) is 6.60. The smallest absolute Gasteiger partial charge is 0.0621 e. The summed E-state index contributed by atoms with van der Waals surface area (Å²) in [5.41, 5.74) is 0. The van der Waals surface area contributed by atoms with Crippen molar-refractivity contribution in [3.8, 4) is 6.07 Å². The van der Waals surface area contributed by atoms with Gasteiger partial charge in [-0.05, 0) is 26.3 Å². The highest BCUT2D eigenvalue weighted by Gasteiger charge is 2.22. The summed E-state index contributed by atoms with van der Waals surface area (Å²) in [5.74, 6) is 0. The van der Waals surface area contributed by atoms with E-state index in [9.17, 15) is 0 Å². The Hall–Kier alpha value is -0.630. The summed E-state index contributed by atoms with van der Waals surface area (Å²) < 4.78 is 5.13. The van der Waals surface area contributed by atoms with Crippen LogP contribution in [0.25, 0.3) is 0 Å². The Morgan fingerprint density at radius 1 is 1.29 bits per heavy atom. The van der Waals surface area contributed by atoms with Crippen LogP contribution in [0.4, 0.5) is 0 Å². The van der Waals surface area contributed by atoms with Crippen molar-refractivity contribution in [3.05, 3.63) is 0 Å². The van der Waals surface area contributed by atoms with Crippen molar-refractivity contribution < 1.29 is 4.74 Å². The van der Waals surface area contributed by atoms with Crippen molar-refractivity contribution in [2.24, 2.45) is 0 Å². The molecule has 0 spiro atoms. The molecular weight excluding hydrogens is 214 g/mol. The number of rotatable bonds is 7. The van der Waals surface area contributed by atoms with Crippen molar-refractivity contribution in [1.29, 1.82) is 5.26 Å². The molecule has 0 N–H and O–H groups in total. The van der Waals surface area contributed by atoms with E-state index in [0.29, 0.717) is 12.5 Å². The van der Waals surface area contributed by atoms with E-state index in [0.717, 1.165) is 52.2 Å². The first kappa shape index (κ1) is 14.4. The molecule has 1 atom stereocenters. The highest BCUT2D eigenvalue weighted by atomic mass is 16.5. The van der Waals surface area contributed by atoms with Crippen LogP contribution in [0.3, 0.4) is 0 Å². The highest BCUT2D eigenvalue weighted by molar-refractivity contribution is 4.79. The maximum atomic E-state index is 8.48. The van der Waals surface area contributed by atoms with Crippen LogP contribution in [0.1, 0.15) is 26.2 Å². The molecule has 0 aromatic heterocycles. The molecule has 0 aromatic carbocycles. The summed E-state index contributed by atoms with van der Waals surface area (Å²) in [6.45, 7) is 8.74. The summed E-state index contributed by atoms with van der Waals surface area (Å²) >= 11 is 0. The van der Waals surface area contributed by atoms with Crippen molar-refractivity contribution in [2.75, 3.05) is 46.4 Å². The van der Waals surface area contributed by atoms with Gasteiger partial charge in [0.2, 0.25) is 0 Å². The zero-order chi connectivity index (χ0) is 12.5. The minimum atomic E-state index is 0.620. The van der Waals surface area contributed by atoms with Gasteiger partial charge in [0.15, 0.2) is 0 Å². The molecule has 0 unspecified atom stereocenters. The first-order chi connectivity index (χ1) is 8.27. The maximum absolute atomic E-state index is 8.48. The maximum Gasteiger partial charge on any atom is 0.0621 e. The minimum absolute atomic E-state index is 0.620. The predicted octanol–water partition coefficient (Wildman–Crippen LogP) is 1.33. The molecule has 1 aliphatic rings. The minimum Gasteiger partial charge on any atom is -0.383 e. The van der Waals surface area contributed by atoms with Crippen LogP contribution < -0.4 is 0 Å². The van der Waals surface area contributed by atoms with E-state index in [-0.39, 0.29) is 0 Å². The van der Waals surface area contributed by atoms with Crippen LogP contribution in [0.15, 0.2) is 0 Å². The van der Waals surface area contributed by atoms with Gasteiger partial charge in [-0.25, -0.2) is 0 Å². The topological polar surface area (TPSA) is 39.5 Å². The summed E-state index contributed by atoms with van der Waals surface area (Å²) in [4.78, 5) is 5.01. The van der Waals surface area contributed by atoms with Gasteiger partial charge >= 0.3 is 0 Å². The van der Waals surface area contributed by atoms with Gasteiger partial charge in [-0.1, -0.05) is 0 Å². The largest absolute Gasteiger partial charge is 0.383 e. The van der Waals surface area contributed by atoms with E-state index in [1.54, 1.807) is 7.11 Å². The summed E-state index contributed by atoms with van der Waals surface area (Å²) in [6.07, 6.45) is 2.89. The molecule has 1 rings (SSSR count). The molecule has 0 saturated carbocycles. The lowest BCUT2D eigenvalue weighted by molar-refractivity contribution is 0.0584. The van der Waals surface area contributed by atoms with E-state index in [2.05, 4.69) is 22.8 Å². The van der Waals surface area contributed by atoms with Crippen LogP contribution >= 0.6 is 0 Å². The van der Waals surface area contributed by atoms with Crippen molar-refractivity contribution in [2.45, 2.75) is 32.2 Å². The average Bonchev–Trinajstić information content (AvgIpc) is 2.34. The normalized spacial score (nSPS) is 22.5. The Balaban J connectivity index is 2.15. The summed E-state index contributed by atoms with van der Waals surface area (Å²) in [6, 6.07) is 2.82. The lowest BCUT2D eigenvalue weighted by atomic mass is 10.1. The molecular formula is C13H25N3O. The van der Waals surface area contributed by atoms with Crippen LogP contribution in [0.2, 0.25) is 0 Å². The second-order valence-corrected chi connectivity index (χ2v) is 4.79. The predicted molar refractivity (Wildman–Crippen MR) is 68.8 cm³/mol. The number of nitriles is 1. The number of methoxy groups -OCH3 is 1. The molecule has 98 valence electrons. The molecule has 4 heteroatoms. The fourth-order valence-corrected chi connectivity index (χ4v) is 2.35. The van der Waals surface area contributed by atoms with Crippen LogP contribution in [-0.2, 0) is 4.74 Å². The molecule has 0 aliphatic carbocycles. The van der Waals surface area contributed by atoms with Crippen LogP contribution in [-0.4, -0.2) is 62.3 Å². The van der Waals surface area contributed by atoms with E-state index in [1.807, 2.05) is 0 Å². The molecule has 1 heterocycles. The molecule has 17 heavy (non-hydrogen) atoms. The Morgan fingerprint density at radius 3 is 2.76 bits per heavy atom. The Kier molecular flexibility index (Phi) is 7.18. The van der Waals surface area contributed by atoms with Gasteiger partial charge in [-0.2, -0.15) is 5.26 Å². The third-order valence-electron chi connectivity index (χ3n) is 3.44. The number of piperazine rings is 1. The second-order valence-electron chi connectivity index (χ2n) is 4.79. The lowest BCUT2D eigenvalue weighted by Crippen LogP contribution is -2.52. The molecule has 0 radical (unpaired) electrons. The van der Waals surface area contributed by atoms with E-state index >= 15 is 0 Å². The number of hydrogen-bond acceptors (Lipinski definition) is 4. The Labute approximate surface area is 105 Å². The molecule has 1 saturated heterocycles. The molecule has 1 fully saturated rings. The highest BCUT2D eigenvalue weighted by Crippen LogP contribution is 2.10. The van der Waals surface area contributed by atoms with Gasteiger partial charge < -0.3 is 9.64 Å². The third kappa shape index (κ3) is 5.49. The molecule has 0 bridgehead atoms. The average molecular weight is 239 g/mol. The SMILES string of the molecule is COCCN1CCN(CCCCC#N)C[C@@H]1C. The first-order valence-corrected chi connectivity index (χ1v) is 6.60. The fourth-order valence-electron chi connectivity index (χ4n) is 2.35. The Morgan fingerprint density at radius 2 is 2.12 bits per heavy atom. The number of nitrogens with zero attached hydrogens (tertiary/aromatic N) is 3. The van der Waals surface area contributed by atoms with E-state index in [4.69, 9.17) is 10.00 Å². The monoisotopic (exact) mass is 239 g/mol. The van der Waals surface area contributed by atoms with Gasteiger partial charge in [0.25, 0.3) is 0 Å². The second kappa shape index (κ2) is 8.46. The Bertz CT molecular complexity index is 239. The van der Waals surface area contributed by atoms with Crippen molar-refractivity contribution in [3.63, 3.8) is 0 Å². The quantitative estimate of drug-likeness (QED) is 0.628. The molecule has 0 aromatic rings. The van der Waals surface area contributed by atoms with Crippen LogP contribution in [0, 0.1) is 11.3 Å². The zero-order valence-corrected chi connectivity index (χ0v) is 11.2. The van der Waals surface area contributed by atoms with Gasteiger partial charge in [0, 0.05) is 45.8 Å².